The van der Waals surface area contributed by atoms with Crippen LogP contribution in [-0.4, -0.2) is 79.0 Å². The smallest absolute Gasteiger partial charge is 0.261 e. The molecule has 0 bridgehead atoms. The van der Waals surface area contributed by atoms with Crippen molar-refractivity contribution in [1.29, 1.82) is 0 Å². The van der Waals surface area contributed by atoms with Crippen LogP contribution in [-0.2, 0) is 4.74 Å². The number of phenolic OH excluding ortho intramolecular Hbond substituents is 1. The van der Waals surface area contributed by atoms with Gasteiger partial charge in [0.25, 0.3) is 5.91 Å². The van der Waals surface area contributed by atoms with Crippen LogP contribution in [0.1, 0.15) is 23.7 Å². The van der Waals surface area contributed by atoms with Crippen molar-refractivity contribution in [1.82, 2.24) is 15.2 Å². The maximum Gasteiger partial charge on any atom is 0.261 e. The van der Waals surface area contributed by atoms with Gasteiger partial charge in [0.05, 0.1) is 17.7 Å². The Labute approximate surface area is 196 Å². The number of carbonyl (C=O) groups is 1. The molecule has 0 aliphatic carbocycles. The normalized spacial score (nSPS) is 24.8. The van der Waals surface area contributed by atoms with E-state index in [1.54, 1.807) is 12.0 Å². The van der Waals surface area contributed by atoms with Crippen LogP contribution in [0, 0.1) is 5.82 Å². The van der Waals surface area contributed by atoms with Crippen molar-refractivity contribution >= 4 is 23.3 Å². The lowest BCUT2D eigenvalue weighted by Crippen LogP contribution is -2.55. The third-order valence-corrected chi connectivity index (χ3v) is 7.04. The van der Waals surface area contributed by atoms with Gasteiger partial charge in [-0.1, -0.05) is 17.7 Å². The third kappa shape index (κ3) is 3.68. The van der Waals surface area contributed by atoms with Gasteiger partial charge in [0.2, 0.25) is 0 Å². The van der Waals surface area contributed by atoms with Gasteiger partial charge in [0, 0.05) is 39.3 Å². The standard InChI is InChI=1S/C23H26ClFN4O4/c1-12-8-14(32-2)10-29(12)22-18-21(33-11-13-9-26-6-7-28(13)23(18)31)19(24)20(27-22)17-15(25)4-3-5-16(17)30/h3-5,12-14,26,30H,6-11H2,1-2H3/t12-,13+,14-/m0/s1. The summed E-state index contributed by atoms with van der Waals surface area (Å²) >= 11 is 6.72. The number of pyridine rings is 1. The van der Waals surface area contributed by atoms with Crippen molar-refractivity contribution in [2.24, 2.45) is 0 Å². The minimum Gasteiger partial charge on any atom is -0.507 e. The number of phenols is 1. The van der Waals surface area contributed by atoms with E-state index in [-0.39, 0.29) is 64.0 Å². The van der Waals surface area contributed by atoms with Crippen LogP contribution in [0.3, 0.4) is 0 Å². The van der Waals surface area contributed by atoms with Gasteiger partial charge in [-0.2, -0.15) is 0 Å². The summed E-state index contributed by atoms with van der Waals surface area (Å²) in [6, 6.07) is 3.87. The summed E-state index contributed by atoms with van der Waals surface area (Å²) in [5, 5.41) is 13.7. The van der Waals surface area contributed by atoms with Gasteiger partial charge in [0.15, 0.2) is 5.75 Å². The summed E-state index contributed by atoms with van der Waals surface area (Å²) in [5.41, 5.74) is 0.189. The zero-order valence-electron chi connectivity index (χ0n) is 18.5. The van der Waals surface area contributed by atoms with Gasteiger partial charge in [-0.05, 0) is 25.5 Å². The molecule has 3 atom stereocenters. The fourth-order valence-corrected chi connectivity index (χ4v) is 5.21. The Morgan fingerprint density at radius 1 is 1.33 bits per heavy atom. The molecule has 2 saturated heterocycles. The highest BCUT2D eigenvalue weighted by molar-refractivity contribution is 6.35. The van der Waals surface area contributed by atoms with Crippen molar-refractivity contribution < 1.29 is 23.8 Å². The van der Waals surface area contributed by atoms with Crippen molar-refractivity contribution in [2.75, 3.05) is 44.8 Å². The van der Waals surface area contributed by atoms with E-state index in [1.165, 1.54) is 18.2 Å². The Kier molecular flexibility index (Phi) is 5.80. The molecule has 4 heterocycles. The van der Waals surface area contributed by atoms with Gasteiger partial charge < -0.3 is 29.7 Å². The minimum atomic E-state index is -0.666. The zero-order valence-corrected chi connectivity index (χ0v) is 19.2. The number of rotatable bonds is 3. The number of ether oxygens (including phenoxy) is 2. The van der Waals surface area contributed by atoms with Crippen LogP contribution in [0.5, 0.6) is 11.5 Å². The fourth-order valence-electron chi connectivity index (χ4n) is 4.93. The molecule has 8 nitrogen and oxygen atoms in total. The molecule has 3 aliphatic heterocycles. The van der Waals surface area contributed by atoms with Gasteiger partial charge in [0.1, 0.15) is 40.3 Å². The Balaban J connectivity index is 1.74. The van der Waals surface area contributed by atoms with Gasteiger partial charge in [-0.25, -0.2) is 9.37 Å². The second-order valence-corrected chi connectivity index (χ2v) is 9.08. The molecule has 2 fully saturated rings. The minimum absolute atomic E-state index is 0.00504. The molecule has 0 radical (unpaired) electrons. The number of aromatic hydroxyl groups is 1. The number of methoxy groups -OCH3 is 1. The number of nitrogens with one attached hydrogen (secondary N) is 1. The zero-order chi connectivity index (χ0) is 23.3. The molecule has 1 aromatic heterocycles. The number of piperazine rings is 1. The van der Waals surface area contributed by atoms with Crippen LogP contribution in [0.15, 0.2) is 18.2 Å². The molecule has 1 amide bonds. The number of fused-ring (bicyclic) bond motifs is 2. The molecule has 176 valence electrons. The lowest BCUT2D eigenvalue weighted by atomic mass is 10.1. The van der Waals surface area contributed by atoms with E-state index < -0.39 is 5.82 Å². The second-order valence-electron chi connectivity index (χ2n) is 8.70. The predicted molar refractivity (Wildman–Crippen MR) is 122 cm³/mol. The van der Waals surface area contributed by atoms with E-state index in [9.17, 15) is 14.3 Å². The molecular weight excluding hydrogens is 451 g/mol. The van der Waals surface area contributed by atoms with Crippen molar-refractivity contribution in [3.8, 4) is 22.8 Å². The number of anilines is 1. The highest BCUT2D eigenvalue weighted by atomic mass is 35.5. The molecule has 0 saturated carbocycles. The van der Waals surface area contributed by atoms with Crippen LogP contribution in [0.2, 0.25) is 5.02 Å². The van der Waals surface area contributed by atoms with Gasteiger partial charge in [-0.3, -0.25) is 4.79 Å². The van der Waals surface area contributed by atoms with Gasteiger partial charge >= 0.3 is 0 Å². The van der Waals surface area contributed by atoms with E-state index in [0.29, 0.717) is 32.0 Å². The summed E-state index contributed by atoms with van der Waals surface area (Å²) in [4.78, 5) is 22.3. The number of hydrogen-bond donors (Lipinski definition) is 2. The van der Waals surface area contributed by atoms with Crippen LogP contribution < -0.4 is 15.0 Å². The third-order valence-electron chi connectivity index (χ3n) is 6.69. The maximum atomic E-state index is 14.8. The number of carbonyl (C=O) groups excluding carboxylic acids is 1. The highest BCUT2D eigenvalue weighted by Gasteiger charge is 2.41. The topological polar surface area (TPSA) is 87.2 Å². The maximum absolute atomic E-state index is 14.8. The first-order chi connectivity index (χ1) is 15.9. The first-order valence-corrected chi connectivity index (χ1v) is 11.4. The van der Waals surface area contributed by atoms with Crippen molar-refractivity contribution in [3.63, 3.8) is 0 Å². The number of nitrogens with zero attached hydrogens (tertiary/aromatic N) is 3. The highest BCUT2D eigenvalue weighted by Crippen LogP contribution is 2.46. The van der Waals surface area contributed by atoms with Crippen molar-refractivity contribution in [3.05, 3.63) is 34.6 Å². The van der Waals surface area contributed by atoms with E-state index in [2.05, 4.69) is 5.32 Å². The predicted octanol–water partition coefficient (Wildman–Crippen LogP) is 2.67. The Bertz CT molecular complexity index is 1080. The lowest BCUT2D eigenvalue weighted by molar-refractivity contribution is 0.0606. The molecule has 2 aromatic rings. The SMILES string of the molecule is CO[C@H]1C[C@H](C)N(c2nc(-c3c(O)cccc3F)c(Cl)c3c2C(=O)N2CCNC[C@@H]2CO3)C1. The van der Waals surface area contributed by atoms with Gasteiger partial charge in [-0.15, -0.1) is 0 Å². The molecule has 5 rings (SSSR count). The largest absolute Gasteiger partial charge is 0.507 e. The molecular formula is C23H26ClFN4O4. The number of amides is 1. The first-order valence-electron chi connectivity index (χ1n) is 11.1. The lowest BCUT2D eigenvalue weighted by Gasteiger charge is -2.34. The summed E-state index contributed by atoms with van der Waals surface area (Å²) < 4.78 is 26.5. The van der Waals surface area contributed by atoms with E-state index in [0.717, 1.165) is 6.42 Å². The number of hydrogen-bond acceptors (Lipinski definition) is 7. The monoisotopic (exact) mass is 476 g/mol. The van der Waals surface area contributed by atoms with E-state index in [1.807, 2.05) is 11.8 Å². The Morgan fingerprint density at radius 3 is 2.88 bits per heavy atom. The summed E-state index contributed by atoms with van der Waals surface area (Å²) in [5.74, 6) is -0.631. The second kappa shape index (κ2) is 8.62. The fraction of sp³-hybridized carbons (Fsp3) is 0.478. The van der Waals surface area contributed by atoms with Crippen LogP contribution in [0.25, 0.3) is 11.3 Å². The number of aromatic nitrogens is 1. The van der Waals surface area contributed by atoms with Crippen LogP contribution in [0.4, 0.5) is 10.2 Å². The number of benzene rings is 1. The average molecular weight is 477 g/mol. The molecule has 1 aromatic carbocycles. The van der Waals surface area contributed by atoms with E-state index >= 15 is 0 Å². The molecule has 0 unspecified atom stereocenters. The molecule has 33 heavy (non-hydrogen) atoms. The average Bonchev–Trinajstić information content (AvgIpc) is 3.11. The molecule has 3 aliphatic rings. The summed E-state index contributed by atoms with van der Waals surface area (Å²) in [6.07, 6.45) is 0.716. The molecule has 10 heteroatoms. The molecule has 2 N–H and O–H groups in total. The summed E-state index contributed by atoms with van der Waals surface area (Å²) in [6.45, 7) is 4.61. The summed E-state index contributed by atoms with van der Waals surface area (Å²) in [7, 11) is 1.65. The van der Waals surface area contributed by atoms with Crippen LogP contribution >= 0.6 is 11.6 Å². The van der Waals surface area contributed by atoms with Crippen molar-refractivity contribution in [2.45, 2.75) is 31.5 Å². The first kappa shape index (κ1) is 22.2. The Hall–Kier alpha value is -2.62. The number of halogens is 2. The van der Waals surface area contributed by atoms with E-state index in [4.69, 9.17) is 26.1 Å². The quantitative estimate of drug-likeness (QED) is 0.704. The Morgan fingerprint density at radius 2 is 2.15 bits per heavy atom. The molecule has 0 spiro atoms.